The second kappa shape index (κ2) is 11.4. The van der Waals surface area contributed by atoms with Crippen molar-refractivity contribution in [3.63, 3.8) is 0 Å². The number of hydrogen-bond acceptors (Lipinski definition) is 4. The predicted octanol–water partition coefficient (Wildman–Crippen LogP) is 3.47. The lowest BCUT2D eigenvalue weighted by atomic mass is 10.1. The number of hydrogen-bond donors (Lipinski definition) is 2. The monoisotopic (exact) mass is 424 g/mol. The summed E-state index contributed by atoms with van der Waals surface area (Å²) in [6.07, 6.45) is 2.33. The van der Waals surface area contributed by atoms with E-state index < -0.39 is 0 Å². The lowest BCUT2D eigenvalue weighted by Crippen LogP contribution is -2.39. The fourth-order valence-corrected chi connectivity index (χ4v) is 3.55. The Morgan fingerprint density at radius 3 is 2.45 bits per heavy atom. The number of carbonyl (C=O) groups excluding carboxylic acids is 2. The summed E-state index contributed by atoms with van der Waals surface area (Å²) in [5.41, 5.74) is 2.91. The van der Waals surface area contributed by atoms with Crippen molar-refractivity contribution in [3.8, 4) is 0 Å². The molecule has 1 saturated heterocycles. The number of para-hydroxylation sites is 1. The first-order valence-corrected chi connectivity index (χ1v) is 10.8. The highest BCUT2D eigenvalue weighted by Gasteiger charge is 2.22. The summed E-state index contributed by atoms with van der Waals surface area (Å²) in [4.78, 5) is 28.9. The number of rotatable bonds is 9. The van der Waals surface area contributed by atoms with E-state index in [1.165, 1.54) is 0 Å². The molecule has 0 spiro atoms. The van der Waals surface area contributed by atoms with Crippen LogP contribution in [0.15, 0.2) is 54.6 Å². The Bertz CT molecular complexity index is 834. The summed E-state index contributed by atoms with van der Waals surface area (Å²) in [6, 6.07) is 17.1. The minimum atomic E-state index is -0.316. The molecule has 0 aliphatic carbocycles. The molecule has 31 heavy (non-hydrogen) atoms. The molecule has 1 atom stereocenters. The number of ether oxygens (including phenoxy) is 1. The lowest BCUT2D eigenvalue weighted by Gasteiger charge is -2.26. The zero-order valence-corrected chi connectivity index (χ0v) is 18.3. The molecular weight excluding hydrogens is 392 g/mol. The predicted molar refractivity (Wildman–Crippen MR) is 123 cm³/mol. The molecule has 1 unspecified atom stereocenters. The normalized spacial score (nSPS) is 15.4. The zero-order chi connectivity index (χ0) is 22.1. The minimum Gasteiger partial charge on any atom is -0.378 e. The quantitative estimate of drug-likeness (QED) is 0.646. The van der Waals surface area contributed by atoms with Gasteiger partial charge in [0.1, 0.15) is 0 Å². The molecule has 2 aromatic carbocycles. The van der Waals surface area contributed by atoms with Crippen molar-refractivity contribution in [2.45, 2.75) is 31.9 Å². The number of anilines is 2. The third-order valence-corrected chi connectivity index (χ3v) is 5.28. The summed E-state index contributed by atoms with van der Waals surface area (Å²) >= 11 is 0. The fraction of sp³-hybridized carbons (Fsp3) is 0.417. The van der Waals surface area contributed by atoms with Crippen LogP contribution in [0.25, 0.3) is 0 Å². The molecule has 166 valence electrons. The van der Waals surface area contributed by atoms with Gasteiger partial charge in [0, 0.05) is 58.1 Å². The van der Waals surface area contributed by atoms with Gasteiger partial charge in [-0.2, -0.15) is 0 Å². The van der Waals surface area contributed by atoms with Gasteiger partial charge in [0.15, 0.2) is 0 Å². The van der Waals surface area contributed by atoms with Crippen LogP contribution >= 0.6 is 0 Å². The standard InChI is InChI=1S/C24H32N4O3/c1-27(2)21-12-10-19(11-13-21)17-28(18-22-9-6-16-31-22)23(29)14-15-25-24(30)26-20-7-4-3-5-8-20/h3-5,7-8,10-13,22H,6,9,14-18H2,1-2H3,(H2,25,26,30). The Kier molecular flexibility index (Phi) is 8.29. The van der Waals surface area contributed by atoms with E-state index in [0.717, 1.165) is 30.7 Å². The fourth-order valence-electron chi connectivity index (χ4n) is 3.55. The van der Waals surface area contributed by atoms with Crippen LogP contribution in [-0.4, -0.2) is 56.7 Å². The smallest absolute Gasteiger partial charge is 0.319 e. The highest BCUT2D eigenvalue weighted by Crippen LogP contribution is 2.18. The van der Waals surface area contributed by atoms with Gasteiger partial charge in [-0.3, -0.25) is 4.79 Å². The molecule has 3 amide bonds. The second-order valence-corrected chi connectivity index (χ2v) is 7.97. The molecule has 2 N–H and O–H groups in total. The van der Waals surface area contributed by atoms with Crippen LogP contribution in [0, 0.1) is 0 Å². The van der Waals surface area contributed by atoms with Crippen LogP contribution in [0.1, 0.15) is 24.8 Å². The van der Waals surface area contributed by atoms with Crippen LogP contribution in [0.2, 0.25) is 0 Å². The summed E-state index contributed by atoms with van der Waals surface area (Å²) in [5, 5.41) is 5.52. The molecule has 2 aromatic rings. The molecule has 7 heteroatoms. The van der Waals surface area contributed by atoms with Crippen molar-refractivity contribution in [1.29, 1.82) is 0 Å². The molecule has 0 aromatic heterocycles. The molecule has 1 aliphatic heterocycles. The first kappa shape index (κ1) is 22.6. The van der Waals surface area contributed by atoms with E-state index in [9.17, 15) is 9.59 Å². The van der Waals surface area contributed by atoms with Crippen molar-refractivity contribution < 1.29 is 14.3 Å². The molecule has 0 radical (unpaired) electrons. The van der Waals surface area contributed by atoms with Crippen molar-refractivity contribution >= 4 is 23.3 Å². The third-order valence-electron chi connectivity index (χ3n) is 5.28. The Hall–Kier alpha value is -3.06. The maximum Gasteiger partial charge on any atom is 0.319 e. The molecule has 1 aliphatic rings. The Morgan fingerprint density at radius 2 is 1.81 bits per heavy atom. The van der Waals surface area contributed by atoms with E-state index in [4.69, 9.17) is 4.74 Å². The number of nitrogens with one attached hydrogen (secondary N) is 2. The van der Waals surface area contributed by atoms with E-state index in [2.05, 4.69) is 34.9 Å². The molecule has 1 heterocycles. The number of urea groups is 1. The minimum absolute atomic E-state index is 0.00666. The van der Waals surface area contributed by atoms with Crippen LogP contribution in [0.5, 0.6) is 0 Å². The zero-order valence-electron chi connectivity index (χ0n) is 18.3. The number of benzene rings is 2. The van der Waals surface area contributed by atoms with E-state index in [-0.39, 0.29) is 31.0 Å². The summed E-state index contributed by atoms with van der Waals surface area (Å²) in [6.45, 7) is 2.14. The van der Waals surface area contributed by atoms with E-state index >= 15 is 0 Å². The Labute approximate surface area is 184 Å². The summed E-state index contributed by atoms with van der Waals surface area (Å²) in [7, 11) is 4.01. The molecule has 0 bridgehead atoms. The van der Waals surface area contributed by atoms with Gasteiger partial charge in [0.05, 0.1) is 6.10 Å². The third kappa shape index (κ3) is 7.29. The van der Waals surface area contributed by atoms with Crippen LogP contribution in [0.4, 0.5) is 16.2 Å². The SMILES string of the molecule is CN(C)c1ccc(CN(CC2CCCO2)C(=O)CCNC(=O)Nc2ccccc2)cc1. The van der Waals surface area contributed by atoms with Crippen LogP contribution in [-0.2, 0) is 16.1 Å². The number of nitrogens with zero attached hydrogens (tertiary/aromatic N) is 2. The molecule has 0 saturated carbocycles. The first-order valence-electron chi connectivity index (χ1n) is 10.8. The van der Waals surface area contributed by atoms with Crippen LogP contribution < -0.4 is 15.5 Å². The second-order valence-electron chi connectivity index (χ2n) is 7.97. The maximum absolute atomic E-state index is 12.9. The van der Waals surface area contributed by atoms with Crippen molar-refractivity contribution in [3.05, 3.63) is 60.2 Å². The van der Waals surface area contributed by atoms with E-state index in [1.807, 2.05) is 54.2 Å². The average molecular weight is 425 g/mol. The van der Waals surface area contributed by atoms with Crippen molar-refractivity contribution in [2.75, 3.05) is 44.0 Å². The maximum atomic E-state index is 12.9. The van der Waals surface area contributed by atoms with Gasteiger partial charge in [0.2, 0.25) is 5.91 Å². The largest absolute Gasteiger partial charge is 0.378 e. The van der Waals surface area contributed by atoms with Gasteiger partial charge in [-0.15, -0.1) is 0 Å². The van der Waals surface area contributed by atoms with Gasteiger partial charge >= 0.3 is 6.03 Å². The van der Waals surface area contributed by atoms with Gasteiger partial charge in [-0.1, -0.05) is 30.3 Å². The van der Waals surface area contributed by atoms with E-state index in [1.54, 1.807) is 0 Å². The average Bonchev–Trinajstić information content (AvgIpc) is 3.27. The van der Waals surface area contributed by atoms with Gasteiger partial charge in [0.25, 0.3) is 0 Å². The molecular formula is C24H32N4O3. The van der Waals surface area contributed by atoms with Gasteiger partial charge in [-0.25, -0.2) is 4.79 Å². The molecule has 7 nitrogen and oxygen atoms in total. The van der Waals surface area contributed by atoms with Gasteiger partial charge in [-0.05, 0) is 42.7 Å². The number of carbonyl (C=O) groups is 2. The van der Waals surface area contributed by atoms with Gasteiger partial charge < -0.3 is 25.2 Å². The highest BCUT2D eigenvalue weighted by atomic mass is 16.5. The van der Waals surface area contributed by atoms with Crippen LogP contribution in [0.3, 0.4) is 0 Å². The number of amides is 3. The summed E-state index contributed by atoms with van der Waals surface area (Å²) in [5.74, 6) is 0.00666. The molecule has 1 fully saturated rings. The van der Waals surface area contributed by atoms with Crippen molar-refractivity contribution in [1.82, 2.24) is 10.2 Å². The Morgan fingerprint density at radius 1 is 1.06 bits per heavy atom. The summed E-state index contributed by atoms with van der Waals surface area (Å²) < 4.78 is 5.75. The lowest BCUT2D eigenvalue weighted by molar-refractivity contribution is -0.133. The highest BCUT2D eigenvalue weighted by molar-refractivity contribution is 5.89. The van der Waals surface area contributed by atoms with E-state index in [0.29, 0.717) is 18.8 Å². The Balaban J connectivity index is 1.53. The first-order chi connectivity index (χ1) is 15.0. The molecule has 3 rings (SSSR count). The van der Waals surface area contributed by atoms with Crippen molar-refractivity contribution in [2.24, 2.45) is 0 Å². The topological polar surface area (TPSA) is 73.9 Å².